The molecule has 0 unspecified atom stereocenters. The van der Waals surface area contributed by atoms with E-state index in [1.807, 2.05) is 6.92 Å². The topological polar surface area (TPSA) is 80.7 Å². The van der Waals surface area contributed by atoms with Gasteiger partial charge in [-0.1, -0.05) is 6.92 Å². The van der Waals surface area contributed by atoms with E-state index in [2.05, 4.69) is 17.2 Å². The number of amides is 1. The van der Waals surface area contributed by atoms with Crippen molar-refractivity contribution in [3.05, 3.63) is 23.2 Å². The van der Waals surface area contributed by atoms with Crippen molar-refractivity contribution in [3.8, 4) is 0 Å². The Labute approximate surface area is 107 Å². The second-order valence-electron chi connectivity index (χ2n) is 4.03. The number of hydrogen-bond donors (Lipinski definition) is 2. The molecule has 0 fully saturated rings. The maximum Gasteiger partial charge on any atom is 0.300 e. The second-order valence-corrected chi connectivity index (χ2v) is 4.03. The lowest BCUT2D eigenvalue weighted by atomic mass is 10.2. The molecule has 6 nitrogen and oxygen atoms in total. The minimum atomic E-state index is -0.413. The minimum absolute atomic E-state index is 0.243. The van der Waals surface area contributed by atoms with Crippen molar-refractivity contribution in [3.63, 3.8) is 0 Å². The van der Waals surface area contributed by atoms with Crippen LogP contribution in [-0.2, 0) is 11.3 Å². The van der Waals surface area contributed by atoms with Gasteiger partial charge in [0, 0.05) is 25.8 Å². The van der Waals surface area contributed by atoms with E-state index in [9.17, 15) is 4.79 Å². The number of nitrogens with two attached hydrogens (primary N) is 1. The predicted octanol–water partition coefficient (Wildman–Crippen LogP) is 0.660. The molecule has 1 aromatic heterocycles. The van der Waals surface area contributed by atoms with Crippen LogP contribution in [0.2, 0.25) is 0 Å². The number of methoxy groups -OCH3 is 1. The molecule has 1 amide bonds. The summed E-state index contributed by atoms with van der Waals surface area (Å²) in [7, 11) is 1.68. The van der Waals surface area contributed by atoms with Gasteiger partial charge in [0.15, 0.2) is 5.76 Å². The van der Waals surface area contributed by atoms with Gasteiger partial charge in [0.25, 0.3) is 0 Å². The highest BCUT2D eigenvalue weighted by Crippen LogP contribution is 2.16. The third kappa shape index (κ3) is 3.83. The number of nitrogens with zero attached hydrogens (tertiary/aromatic N) is 1. The molecule has 1 aromatic rings. The fourth-order valence-corrected chi connectivity index (χ4v) is 1.67. The Hall–Kier alpha value is -1.37. The van der Waals surface area contributed by atoms with Crippen molar-refractivity contribution < 1.29 is 13.9 Å². The lowest BCUT2D eigenvalue weighted by molar-refractivity contribution is 0.0924. The summed E-state index contributed by atoms with van der Waals surface area (Å²) in [6.07, 6.45) is 0. The van der Waals surface area contributed by atoms with Crippen molar-refractivity contribution in [2.45, 2.75) is 20.4 Å². The summed E-state index contributed by atoms with van der Waals surface area (Å²) < 4.78 is 10.4. The summed E-state index contributed by atoms with van der Waals surface area (Å²) in [6, 6.07) is 1.73. The van der Waals surface area contributed by atoms with Gasteiger partial charge in [-0.2, -0.15) is 0 Å². The molecule has 0 aromatic carbocycles. The third-order valence-corrected chi connectivity index (χ3v) is 2.83. The first kappa shape index (κ1) is 14.7. The maximum absolute atomic E-state index is 11.3. The molecule has 0 spiro atoms. The molecule has 0 aliphatic heterocycles. The summed E-state index contributed by atoms with van der Waals surface area (Å²) >= 11 is 0. The van der Waals surface area contributed by atoms with E-state index in [-0.39, 0.29) is 5.76 Å². The van der Waals surface area contributed by atoms with Crippen molar-refractivity contribution >= 4 is 5.91 Å². The summed E-state index contributed by atoms with van der Waals surface area (Å²) in [4.78, 5) is 13.6. The molecular weight excluding hydrogens is 234 g/mol. The molecule has 0 aliphatic carbocycles. The number of ether oxygens (including phenoxy) is 1. The van der Waals surface area contributed by atoms with E-state index >= 15 is 0 Å². The number of furan rings is 1. The zero-order chi connectivity index (χ0) is 13.5. The van der Waals surface area contributed by atoms with Crippen LogP contribution in [0.5, 0.6) is 0 Å². The first-order valence-electron chi connectivity index (χ1n) is 5.93. The highest BCUT2D eigenvalue weighted by Gasteiger charge is 2.15. The quantitative estimate of drug-likeness (QED) is 0.425. The van der Waals surface area contributed by atoms with E-state index in [0.717, 1.165) is 31.0 Å². The van der Waals surface area contributed by atoms with Gasteiger partial charge >= 0.3 is 5.91 Å². The highest BCUT2D eigenvalue weighted by atomic mass is 16.5. The molecule has 3 N–H and O–H groups in total. The van der Waals surface area contributed by atoms with Gasteiger partial charge in [-0.25, -0.2) is 5.84 Å². The molecule has 1 heterocycles. The van der Waals surface area contributed by atoms with Crippen molar-refractivity contribution in [2.75, 3.05) is 26.8 Å². The number of nitrogens with one attached hydrogen (secondary N) is 1. The summed E-state index contributed by atoms with van der Waals surface area (Å²) in [5.74, 6) is 5.64. The lowest BCUT2D eigenvalue weighted by Gasteiger charge is -2.19. The normalized spacial score (nSPS) is 10.9. The zero-order valence-electron chi connectivity index (χ0n) is 11.2. The number of hydrazine groups is 1. The number of rotatable bonds is 7. The number of carbonyl (C=O) groups excluding carboxylic acids is 1. The predicted molar refractivity (Wildman–Crippen MR) is 67.9 cm³/mol. The summed E-state index contributed by atoms with van der Waals surface area (Å²) in [5, 5.41) is 0. The standard InChI is InChI=1S/C12H21N3O3/c1-4-15(5-6-17-3)8-10-7-11(12(16)14-13)18-9(10)2/h7H,4-6,8,13H2,1-3H3,(H,14,16). The molecule has 0 atom stereocenters. The minimum Gasteiger partial charge on any atom is -0.456 e. The average Bonchev–Trinajstić information content (AvgIpc) is 2.74. The largest absolute Gasteiger partial charge is 0.456 e. The monoisotopic (exact) mass is 255 g/mol. The first-order chi connectivity index (χ1) is 8.62. The van der Waals surface area contributed by atoms with Crippen molar-refractivity contribution in [2.24, 2.45) is 5.84 Å². The smallest absolute Gasteiger partial charge is 0.300 e. The molecule has 1 rings (SSSR count). The Kier molecular flexibility index (Phi) is 5.84. The van der Waals surface area contributed by atoms with Crippen LogP contribution in [-0.4, -0.2) is 37.6 Å². The van der Waals surface area contributed by atoms with Crippen molar-refractivity contribution in [1.29, 1.82) is 0 Å². The van der Waals surface area contributed by atoms with Crippen LogP contribution in [0.15, 0.2) is 10.5 Å². The van der Waals surface area contributed by atoms with Crippen molar-refractivity contribution in [1.82, 2.24) is 10.3 Å². The Morgan fingerprint density at radius 2 is 2.33 bits per heavy atom. The Morgan fingerprint density at radius 1 is 1.61 bits per heavy atom. The van der Waals surface area contributed by atoms with Crippen LogP contribution in [0.25, 0.3) is 0 Å². The maximum atomic E-state index is 11.3. The number of aryl methyl sites for hydroxylation is 1. The Bertz CT molecular complexity index is 390. The van der Waals surface area contributed by atoms with E-state index in [0.29, 0.717) is 6.61 Å². The third-order valence-electron chi connectivity index (χ3n) is 2.83. The number of likely N-dealkylation sites (N-methyl/N-ethyl adjacent to an activating group) is 1. The molecule has 18 heavy (non-hydrogen) atoms. The fourth-order valence-electron chi connectivity index (χ4n) is 1.67. The molecule has 0 bridgehead atoms. The van der Waals surface area contributed by atoms with Crippen LogP contribution in [0.4, 0.5) is 0 Å². The zero-order valence-corrected chi connectivity index (χ0v) is 11.2. The van der Waals surface area contributed by atoms with Gasteiger partial charge in [-0.05, 0) is 19.5 Å². The van der Waals surface area contributed by atoms with E-state index < -0.39 is 5.91 Å². The number of nitrogen functional groups attached to an aromatic ring is 1. The Morgan fingerprint density at radius 3 is 2.89 bits per heavy atom. The number of hydrogen-bond acceptors (Lipinski definition) is 5. The molecule has 0 saturated carbocycles. The highest BCUT2D eigenvalue weighted by molar-refractivity contribution is 5.91. The molecule has 102 valence electrons. The van der Waals surface area contributed by atoms with Gasteiger partial charge in [-0.15, -0.1) is 0 Å². The Balaban J connectivity index is 2.70. The van der Waals surface area contributed by atoms with Gasteiger partial charge in [0.2, 0.25) is 0 Å². The van der Waals surface area contributed by atoms with Gasteiger partial charge in [0.05, 0.1) is 6.61 Å². The fraction of sp³-hybridized carbons (Fsp3) is 0.583. The lowest BCUT2D eigenvalue weighted by Crippen LogP contribution is -2.29. The second kappa shape index (κ2) is 7.15. The number of carbonyl (C=O) groups is 1. The van der Waals surface area contributed by atoms with Crippen LogP contribution in [0.3, 0.4) is 0 Å². The molecular formula is C12H21N3O3. The molecule has 6 heteroatoms. The van der Waals surface area contributed by atoms with Gasteiger partial charge in [-0.3, -0.25) is 15.1 Å². The molecule has 0 aliphatic rings. The van der Waals surface area contributed by atoms with E-state index in [1.165, 1.54) is 0 Å². The molecule has 0 radical (unpaired) electrons. The first-order valence-corrected chi connectivity index (χ1v) is 5.93. The molecule has 0 saturated heterocycles. The summed E-state index contributed by atoms with van der Waals surface area (Å²) in [6.45, 7) is 7.09. The van der Waals surface area contributed by atoms with Gasteiger partial charge in [0.1, 0.15) is 5.76 Å². The van der Waals surface area contributed by atoms with Crippen LogP contribution < -0.4 is 11.3 Å². The van der Waals surface area contributed by atoms with Gasteiger partial charge < -0.3 is 9.15 Å². The van der Waals surface area contributed by atoms with E-state index in [1.54, 1.807) is 13.2 Å². The van der Waals surface area contributed by atoms with Crippen LogP contribution in [0, 0.1) is 6.92 Å². The van der Waals surface area contributed by atoms with Crippen LogP contribution >= 0.6 is 0 Å². The summed E-state index contributed by atoms with van der Waals surface area (Å²) in [5.41, 5.74) is 3.05. The van der Waals surface area contributed by atoms with E-state index in [4.69, 9.17) is 15.0 Å². The average molecular weight is 255 g/mol. The SMILES string of the molecule is CCN(CCOC)Cc1cc(C(=O)NN)oc1C. The van der Waals surface area contributed by atoms with Crippen LogP contribution in [0.1, 0.15) is 28.8 Å².